The summed E-state index contributed by atoms with van der Waals surface area (Å²) in [4.78, 5) is 4.85. The molecule has 1 aromatic heterocycles. The predicted molar refractivity (Wildman–Crippen MR) is 114 cm³/mol. The molecule has 1 saturated carbocycles. The van der Waals surface area contributed by atoms with Crippen molar-refractivity contribution >= 4 is 5.96 Å². The Balaban J connectivity index is 1.74. The third-order valence-corrected chi connectivity index (χ3v) is 5.73. The molecular formula is C22H34N6. The number of nitrogens with one attached hydrogen (secondary N) is 2. The molecule has 0 amide bonds. The van der Waals surface area contributed by atoms with Crippen molar-refractivity contribution in [3.8, 4) is 0 Å². The van der Waals surface area contributed by atoms with E-state index in [1.54, 1.807) is 0 Å². The summed E-state index contributed by atoms with van der Waals surface area (Å²) in [6.07, 6.45) is 3.69. The van der Waals surface area contributed by atoms with Crippen LogP contribution in [0.3, 0.4) is 0 Å². The fourth-order valence-corrected chi connectivity index (χ4v) is 4.16. The molecule has 0 radical (unpaired) electrons. The summed E-state index contributed by atoms with van der Waals surface area (Å²) in [5.41, 5.74) is 1.25. The highest BCUT2D eigenvalue weighted by Gasteiger charge is 2.25. The minimum Gasteiger partial charge on any atom is -0.354 e. The molecule has 0 spiro atoms. The van der Waals surface area contributed by atoms with Crippen molar-refractivity contribution in [1.82, 2.24) is 25.4 Å². The number of nitrogens with zero attached hydrogens (tertiary/aromatic N) is 4. The smallest absolute Gasteiger partial charge is 0.192 e. The first kappa shape index (κ1) is 20.4. The lowest BCUT2D eigenvalue weighted by Crippen LogP contribution is -2.47. The maximum absolute atomic E-state index is 4.85. The SMILES string of the molecule is Cc1nnc(CN=C(NC2CC(C)CC(C)C2)NC(C)c2ccccc2)n1C. The van der Waals surface area contributed by atoms with Gasteiger partial charge in [-0.15, -0.1) is 10.2 Å². The Bertz CT molecular complexity index is 772. The predicted octanol–water partition coefficient (Wildman–Crippen LogP) is 3.74. The van der Waals surface area contributed by atoms with Crippen LogP contribution in [-0.2, 0) is 13.6 Å². The van der Waals surface area contributed by atoms with Crippen molar-refractivity contribution in [2.75, 3.05) is 0 Å². The Hall–Kier alpha value is -2.37. The topological polar surface area (TPSA) is 67.1 Å². The highest BCUT2D eigenvalue weighted by atomic mass is 15.3. The number of aryl methyl sites for hydroxylation is 1. The number of aliphatic imine (C=N–C) groups is 1. The Morgan fingerprint density at radius 3 is 2.43 bits per heavy atom. The van der Waals surface area contributed by atoms with E-state index in [0.29, 0.717) is 12.6 Å². The molecule has 28 heavy (non-hydrogen) atoms. The minimum atomic E-state index is 0.173. The average molecular weight is 383 g/mol. The molecular weight excluding hydrogens is 348 g/mol. The van der Waals surface area contributed by atoms with Crippen LogP contribution in [0.25, 0.3) is 0 Å². The van der Waals surface area contributed by atoms with Crippen LogP contribution in [0.2, 0.25) is 0 Å². The van der Waals surface area contributed by atoms with Crippen LogP contribution in [0.1, 0.15) is 63.3 Å². The number of benzene rings is 1. The largest absolute Gasteiger partial charge is 0.354 e. The number of hydrogen-bond acceptors (Lipinski definition) is 3. The molecule has 1 heterocycles. The van der Waals surface area contributed by atoms with Crippen LogP contribution < -0.4 is 10.6 Å². The maximum Gasteiger partial charge on any atom is 0.192 e. The highest BCUT2D eigenvalue weighted by Crippen LogP contribution is 2.28. The van der Waals surface area contributed by atoms with Gasteiger partial charge in [0.15, 0.2) is 11.8 Å². The fraction of sp³-hybridized carbons (Fsp3) is 0.591. The summed E-state index contributed by atoms with van der Waals surface area (Å²) in [7, 11) is 1.98. The second-order valence-corrected chi connectivity index (χ2v) is 8.42. The number of hydrogen-bond donors (Lipinski definition) is 2. The zero-order valence-electron chi connectivity index (χ0n) is 17.8. The van der Waals surface area contributed by atoms with Crippen molar-refractivity contribution in [2.45, 2.75) is 65.6 Å². The Morgan fingerprint density at radius 2 is 1.82 bits per heavy atom. The fourth-order valence-electron chi connectivity index (χ4n) is 4.16. The molecule has 152 valence electrons. The molecule has 6 nitrogen and oxygen atoms in total. The highest BCUT2D eigenvalue weighted by molar-refractivity contribution is 5.80. The van der Waals surface area contributed by atoms with Gasteiger partial charge in [-0.3, -0.25) is 0 Å². The van der Waals surface area contributed by atoms with Crippen LogP contribution in [0.4, 0.5) is 0 Å². The van der Waals surface area contributed by atoms with E-state index in [0.717, 1.165) is 29.4 Å². The zero-order valence-corrected chi connectivity index (χ0v) is 17.8. The summed E-state index contributed by atoms with van der Waals surface area (Å²) in [6.45, 7) is 9.34. The van der Waals surface area contributed by atoms with Crippen LogP contribution >= 0.6 is 0 Å². The molecule has 3 unspecified atom stereocenters. The second kappa shape index (κ2) is 9.22. The number of guanidine groups is 1. The Labute approximate surface area is 168 Å². The molecule has 1 aliphatic rings. The van der Waals surface area contributed by atoms with E-state index in [1.807, 2.05) is 24.6 Å². The van der Waals surface area contributed by atoms with Gasteiger partial charge in [0, 0.05) is 13.1 Å². The van der Waals surface area contributed by atoms with E-state index in [2.05, 4.69) is 65.9 Å². The standard InChI is InChI=1S/C22H34N6/c1-15-11-16(2)13-20(12-15)25-22(23-14-21-27-26-18(4)28(21)5)24-17(3)19-9-7-6-8-10-19/h6-10,15-17,20H,11-14H2,1-5H3,(H2,23,24,25). The van der Waals surface area contributed by atoms with Gasteiger partial charge in [-0.05, 0) is 50.5 Å². The van der Waals surface area contributed by atoms with Crippen molar-refractivity contribution in [3.63, 3.8) is 0 Å². The van der Waals surface area contributed by atoms with E-state index in [1.165, 1.54) is 24.8 Å². The summed E-state index contributed by atoms with van der Waals surface area (Å²) in [5.74, 6) is 4.12. The molecule has 3 atom stereocenters. The summed E-state index contributed by atoms with van der Waals surface area (Å²) in [6, 6.07) is 11.1. The van der Waals surface area contributed by atoms with Gasteiger partial charge in [0.25, 0.3) is 0 Å². The molecule has 0 bridgehead atoms. The van der Waals surface area contributed by atoms with E-state index < -0.39 is 0 Å². The number of rotatable bonds is 5. The third-order valence-electron chi connectivity index (χ3n) is 5.73. The van der Waals surface area contributed by atoms with Gasteiger partial charge in [0.2, 0.25) is 0 Å². The van der Waals surface area contributed by atoms with Gasteiger partial charge in [0.05, 0.1) is 6.04 Å². The van der Waals surface area contributed by atoms with Crippen LogP contribution in [0.5, 0.6) is 0 Å². The molecule has 0 saturated heterocycles. The zero-order chi connectivity index (χ0) is 20.1. The van der Waals surface area contributed by atoms with Crippen molar-refractivity contribution in [1.29, 1.82) is 0 Å². The molecule has 0 aliphatic heterocycles. The monoisotopic (exact) mass is 382 g/mol. The molecule has 1 aromatic carbocycles. The lowest BCUT2D eigenvalue weighted by Gasteiger charge is -2.33. The minimum absolute atomic E-state index is 0.173. The van der Waals surface area contributed by atoms with Crippen LogP contribution in [-0.4, -0.2) is 26.8 Å². The normalized spacial score (nSPS) is 24.0. The molecule has 2 N–H and O–H groups in total. The second-order valence-electron chi connectivity index (χ2n) is 8.42. The first-order valence-electron chi connectivity index (χ1n) is 10.4. The van der Waals surface area contributed by atoms with Gasteiger partial charge in [-0.1, -0.05) is 44.2 Å². The van der Waals surface area contributed by atoms with E-state index in [4.69, 9.17) is 4.99 Å². The lowest BCUT2D eigenvalue weighted by atomic mass is 9.80. The Morgan fingerprint density at radius 1 is 1.14 bits per heavy atom. The van der Waals surface area contributed by atoms with Crippen LogP contribution in [0.15, 0.2) is 35.3 Å². The molecule has 1 aliphatic carbocycles. The van der Waals surface area contributed by atoms with Crippen LogP contribution in [0, 0.1) is 18.8 Å². The maximum atomic E-state index is 4.85. The van der Waals surface area contributed by atoms with E-state index in [9.17, 15) is 0 Å². The van der Waals surface area contributed by atoms with E-state index >= 15 is 0 Å². The van der Waals surface area contributed by atoms with E-state index in [-0.39, 0.29) is 6.04 Å². The van der Waals surface area contributed by atoms with Crippen molar-refractivity contribution in [2.24, 2.45) is 23.9 Å². The summed E-state index contributed by atoms with van der Waals surface area (Å²) >= 11 is 0. The molecule has 2 aromatic rings. The van der Waals surface area contributed by atoms with Gasteiger partial charge in [0.1, 0.15) is 12.4 Å². The number of aromatic nitrogens is 3. The summed E-state index contributed by atoms with van der Waals surface area (Å²) in [5, 5.41) is 15.7. The van der Waals surface area contributed by atoms with Gasteiger partial charge < -0.3 is 15.2 Å². The lowest BCUT2D eigenvalue weighted by molar-refractivity contribution is 0.254. The van der Waals surface area contributed by atoms with Crippen molar-refractivity contribution in [3.05, 3.63) is 47.5 Å². The first-order valence-corrected chi connectivity index (χ1v) is 10.4. The average Bonchev–Trinajstić information content (AvgIpc) is 2.98. The quantitative estimate of drug-likeness (QED) is 0.611. The summed E-state index contributed by atoms with van der Waals surface area (Å²) < 4.78 is 1.99. The molecule has 6 heteroatoms. The molecule has 3 rings (SSSR count). The first-order chi connectivity index (χ1) is 13.4. The third kappa shape index (κ3) is 5.33. The Kier molecular flexibility index (Phi) is 6.70. The van der Waals surface area contributed by atoms with Crippen molar-refractivity contribution < 1.29 is 0 Å². The van der Waals surface area contributed by atoms with Gasteiger partial charge in [-0.2, -0.15) is 0 Å². The van der Waals surface area contributed by atoms with Gasteiger partial charge in [-0.25, -0.2) is 4.99 Å². The molecule has 1 fully saturated rings. The van der Waals surface area contributed by atoms with Gasteiger partial charge >= 0.3 is 0 Å².